The van der Waals surface area contributed by atoms with Crippen LogP contribution in [0, 0.1) is 0 Å². The van der Waals surface area contributed by atoms with Crippen molar-refractivity contribution in [3.8, 4) is 0 Å². The molecule has 14 heteroatoms. The monoisotopic (exact) mass is 934 g/mol. The summed E-state index contributed by atoms with van der Waals surface area (Å²) in [4.78, 5) is 59.5. The van der Waals surface area contributed by atoms with E-state index in [1.165, 1.54) is 0 Å². The molecule has 0 saturated carbocycles. The van der Waals surface area contributed by atoms with Gasteiger partial charge in [-0.1, -0.05) is 92.7 Å². The van der Waals surface area contributed by atoms with Crippen LogP contribution in [0.2, 0.25) is 10.0 Å². The topological polar surface area (TPSA) is 112 Å². The molecule has 6 aromatic rings. The highest BCUT2D eigenvalue weighted by Gasteiger charge is 2.36. The van der Waals surface area contributed by atoms with Crippen molar-refractivity contribution < 1.29 is 38.1 Å². The van der Waals surface area contributed by atoms with Crippen molar-refractivity contribution in [2.45, 2.75) is 47.3 Å². The maximum atomic E-state index is 13.0. The van der Waals surface area contributed by atoms with Gasteiger partial charge in [-0.3, -0.25) is 0 Å². The van der Waals surface area contributed by atoms with Crippen LogP contribution in [0.4, 0.5) is 34.1 Å². The number of halogens is 2. The molecule has 0 bridgehead atoms. The van der Waals surface area contributed by atoms with Crippen molar-refractivity contribution in [1.82, 2.24) is 0 Å². The molecule has 6 aromatic carbocycles. The largest absolute Gasteiger partial charge is 0.462 e. The van der Waals surface area contributed by atoms with Gasteiger partial charge in [0.15, 0.2) is 9.73 Å². The van der Waals surface area contributed by atoms with E-state index >= 15 is 0 Å². The fraction of sp³-hybridized carbons (Fsp3) is 0.160. The zero-order chi connectivity index (χ0) is 45.3. The van der Waals surface area contributed by atoms with Crippen LogP contribution < -0.4 is 9.80 Å². The highest BCUT2D eigenvalue weighted by Crippen LogP contribution is 2.57. The van der Waals surface area contributed by atoms with Gasteiger partial charge in [0.05, 0.1) is 49.2 Å². The second-order valence-electron chi connectivity index (χ2n) is 13.6. The van der Waals surface area contributed by atoms with Crippen LogP contribution in [0.1, 0.15) is 27.7 Å². The Bertz CT molecular complexity index is 2460. The van der Waals surface area contributed by atoms with Crippen LogP contribution in [0.3, 0.4) is 0 Å². The Morgan fingerprint density at radius 3 is 0.859 bits per heavy atom. The number of benzene rings is 6. The average molecular weight is 936 g/mol. The Morgan fingerprint density at radius 1 is 0.391 bits per heavy atom. The van der Waals surface area contributed by atoms with Crippen molar-refractivity contribution in [1.29, 1.82) is 0 Å². The third-order valence-corrected chi connectivity index (χ3v) is 14.9. The zero-order valence-corrected chi connectivity index (χ0v) is 38.6. The van der Waals surface area contributed by atoms with E-state index in [2.05, 4.69) is 9.80 Å². The van der Waals surface area contributed by atoms with Crippen LogP contribution in [-0.2, 0) is 38.1 Å². The van der Waals surface area contributed by atoms with Crippen LogP contribution in [0.25, 0.3) is 0 Å². The molecule has 0 atom stereocenters. The molecule has 8 rings (SSSR count). The number of hydrogen-bond donors (Lipinski definition) is 0. The quantitative estimate of drug-likeness (QED) is 0.0569. The van der Waals surface area contributed by atoms with E-state index in [9.17, 15) is 19.2 Å². The lowest BCUT2D eigenvalue weighted by atomic mass is 10.2. The maximum absolute atomic E-state index is 13.0. The SMILES string of the molecule is CCOC(=O)C(C(=O)OCC)=S1c2ccccc2N(c2ccc(Cl)cc2)c2ccccc21.CCOC(=O)C(C(=O)OCC)=S1c2ccccc2N(c2ccc(Cl)cc2)c2ccccc21. The minimum absolute atomic E-state index is 0.00403. The Morgan fingerprint density at radius 2 is 0.625 bits per heavy atom. The lowest BCUT2D eigenvalue weighted by Crippen LogP contribution is -2.30. The summed E-state index contributed by atoms with van der Waals surface area (Å²) in [7, 11) is -1.99. The molecule has 0 radical (unpaired) electrons. The number of carbonyl (C=O) groups excluding carboxylic acids is 4. The van der Waals surface area contributed by atoms with Crippen molar-refractivity contribution in [3.63, 3.8) is 0 Å². The van der Waals surface area contributed by atoms with Gasteiger partial charge < -0.3 is 28.7 Å². The predicted octanol–water partition coefficient (Wildman–Crippen LogP) is 12.2. The molecule has 0 N–H and O–H groups in total. The lowest BCUT2D eigenvalue weighted by Gasteiger charge is -2.35. The molecular weight excluding hydrogens is 892 g/mol. The van der Waals surface area contributed by atoms with Crippen LogP contribution >= 0.6 is 44.2 Å². The lowest BCUT2D eigenvalue weighted by molar-refractivity contribution is -0.141. The van der Waals surface area contributed by atoms with Gasteiger partial charge in [0.1, 0.15) is 0 Å². The van der Waals surface area contributed by atoms with Gasteiger partial charge in [-0.05, 0) is 125 Å². The van der Waals surface area contributed by atoms with Crippen molar-refractivity contribution in [3.05, 3.63) is 156 Å². The molecule has 0 spiro atoms. The molecule has 2 aliphatic heterocycles. The number of anilines is 6. The third kappa shape index (κ3) is 9.37. The molecule has 0 amide bonds. The first-order chi connectivity index (χ1) is 31.1. The number of hydrogen-bond acceptors (Lipinski definition) is 10. The summed E-state index contributed by atoms with van der Waals surface area (Å²) in [6.45, 7) is 7.53. The van der Waals surface area contributed by atoms with Crippen LogP contribution in [0.15, 0.2) is 165 Å². The molecule has 0 saturated heterocycles. The number of rotatable bonds is 10. The third-order valence-electron chi connectivity index (χ3n) is 9.73. The molecule has 328 valence electrons. The van der Waals surface area contributed by atoms with Crippen molar-refractivity contribution >= 4 is 112 Å². The normalized spacial score (nSPS) is 12.5. The van der Waals surface area contributed by atoms with E-state index in [0.29, 0.717) is 10.0 Å². The smallest absolute Gasteiger partial charge is 0.352 e. The number of carbonyl (C=O) groups is 4. The number of esters is 4. The maximum Gasteiger partial charge on any atom is 0.352 e. The van der Waals surface area contributed by atoms with Crippen molar-refractivity contribution in [2.75, 3.05) is 36.2 Å². The van der Waals surface area contributed by atoms with Gasteiger partial charge in [-0.15, -0.1) is 0 Å². The predicted molar refractivity (Wildman–Crippen MR) is 257 cm³/mol. The first kappa shape index (κ1) is 45.8. The second kappa shape index (κ2) is 21.0. The Labute approximate surface area is 387 Å². The first-order valence-corrected chi connectivity index (χ1v) is 23.7. The van der Waals surface area contributed by atoms with E-state index in [-0.39, 0.29) is 36.2 Å². The summed E-state index contributed by atoms with van der Waals surface area (Å²) in [6, 6.07) is 46.2. The van der Waals surface area contributed by atoms with E-state index in [0.717, 1.165) is 53.7 Å². The second-order valence-corrected chi connectivity index (χ2v) is 18.3. The molecule has 2 heterocycles. The van der Waals surface area contributed by atoms with Crippen LogP contribution in [0.5, 0.6) is 0 Å². The number of ether oxygens (including phenoxy) is 4. The molecule has 0 aromatic heterocycles. The fourth-order valence-corrected chi connectivity index (χ4v) is 12.1. The van der Waals surface area contributed by atoms with Gasteiger partial charge in [-0.2, -0.15) is 0 Å². The molecule has 0 aliphatic carbocycles. The van der Waals surface area contributed by atoms with E-state index in [1.54, 1.807) is 27.7 Å². The molecule has 10 nitrogen and oxygen atoms in total. The molecule has 0 unspecified atom stereocenters. The average Bonchev–Trinajstić information content (AvgIpc) is 3.30. The van der Waals surface area contributed by atoms with Gasteiger partial charge >= 0.3 is 23.9 Å². The number of fused-ring (bicyclic) bond motifs is 4. The van der Waals surface area contributed by atoms with Gasteiger partial charge in [0, 0.05) is 41.0 Å². The summed E-state index contributed by atoms with van der Waals surface area (Å²) < 4.78 is 21.1. The van der Waals surface area contributed by atoms with E-state index < -0.39 is 44.8 Å². The zero-order valence-electron chi connectivity index (χ0n) is 35.4. The van der Waals surface area contributed by atoms with Crippen LogP contribution in [-0.4, -0.2) is 60.0 Å². The standard InChI is InChI=1S/2C25H22ClNO4S/c2*1-3-30-24(28)23(25(29)31-4-2)32-21-11-7-5-9-19(21)27(18-15-13-17(26)14-16-18)20-10-6-8-12-22(20)32/h2*5-16H,3-4H2,1-2H3. The molecular formula is C50H44Cl2N2O8S2. The molecule has 0 fully saturated rings. The van der Waals surface area contributed by atoms with Gasteiger partial charge in [0.2, 0.25) is 0 Å². The summed E-state index contributed by atoms with van der Waals surface area (Å²) >= 11 is 12.2. The minimum atomic E-state index is -0.994. The fourth-order valence-electron chi connectivity index (χ4n) is 7.22. The highest BCUT2D eigenvalue weighted by molar-refractivity contribution is 8.18. The van der Waals surface area contributed by atoms with E-state index in [1.807, 2.05) is 146 Å². The Hall–Kier alpha value is -6.18. The first-order valence-electron chi connectivity index (χ1n) is 20.5. The van der Waals surface area contributed by atoms with Crippen molar-refractivity contribution in [2.24, 2.45) is 0 Å². The molecule has 2 aliphatic rings. The Balaban J connectivity index is 0.000000191. The summed E-state index contributed by atoms with van der Waals surface area (Å²) in [5.74, 6) is -2.62. The van der Waals surface area contributed by atoms with E-state index in [4.69, 9.17) is 42.1 Å². The summed E-state index contributed by atoms with van der Waals surface area (Å²) in [6.07, 6.45) is 0. The van der Waals surface area contributed by atoms with Gasteiger partial charge in [0.25, 0.3) is 0 Å². The summed E-state index contributed by atoms with van der Waals surface area (Å²) in [5, 5.41) is 1.29. The molecule has 64 heavy (non-hydrogen) atoms. The Kier molecular flexibility index (Phi) is 15.0. The number of para-hydroxylation sites is 4. The number of nitrogens with zero attached hydrogens (tertiary/aromatic N) is 2. The minimum Gasteiger partial charge on any atom is -0.462 e. The summed E-state index contributed by atoms with van der Waals surface area (Å²) in [5.41, 5.74) is 5.36. The van der Waals surface area contributed by atoms with Gasteiger partial charge in [-0.25, -0.2) is 19.2 Å². The highest BCUT2D eigenvalue weighted by atomic mass is 35.5.